The van der Waals surface area contributed by atoms with Crippen molar-refractivity contribution in [3.63, 3.8) is 0 Å². The molecule has 1 unspecified atom stereocenters. The summed E-state index contributed by atoms with van der Waals surface area (Å²) in [5.74, 6) is 5.03. The molecule has 0 radical (unpaired) electrons. The molecule has 1 amide bonds. The van der Waals surface area contributed by atoms with Crippen molar-refractivity contribution in [2.75, 3.05) is 18.0 Å². The third-order valence-electron chi connectivity index (χ3n) is 8.21. The molecule has 6 rings (SSSR count). The first-order chi connectivity index (χ1) is 22.2. The van der Waals surface area contributed by atoms with Crippen LogP contribution in [-0.4, -0.2) is 64.8 Å². The molecule has 0 bridgehead atoms. The zero-order valence-corrected chi connectivity index (χ0v) is 25.6. The molecule has 0 spiro atoms. The van der Waals surface area contributed by atoms with Crippen LogP contribution in [0, 0.1) is 18.8 Å². The number of aromatic nitrogens is 6. The van der Waals surface area contributed by atoms with Crippen LogP contribution in [-0.2, 0) is 20.1 Å². The highest BCUT2D eigenvalue weighted by Crippen LogP contribution is 2.24. The number of carboxylic acids is 1. The molecular weight excluding hydrogens is 588 g/mol. The fraction of sp³-hybridized carbons (Fsp3) is 0.303. The third kappa shape index (κ3) is 5.49. The Morgan fingerprint density at radius 3 is 2.52 bits per heavy atom. The van der Waals surface area contributed by atoms with Crippen molar-refractivity contribution in [2.24, 2.45) is 7.05 Å². The van der Waals surface area contributed by atoms with E-state index in [1.165, 1.54) is 16.7 Å². The average Bonchev–Trinajstić information content (AvgIpc) is 3.44. The Hall–Kier alpha value is -5.77. The summed E-state index contributed by atoms with van der Waals surface area (Å²) in [7, 11) is 1.57. The van der Waals surface area contributed by atoms with Crippen molar-refractivity contribution in [2.45, 2.75) is 45.8 Å². The van der Waals surface area contributed by atoms with Crippen LogP contribution in [0.2, 0.25) is 0 Å². The van der Waals surface area contributed by atoms with Gasteiger partial charge < -0.3 is 15.3 Å². The van der Waals surface area contributed by atoms with Gasteiger partial charge in [0, 0.05) is 37.3 Å². The van der Waals surface area contributed by atoms with Crippen LogP contribution in [0.4, 0.5) is 5.95 Å². The van der Waals surface area contributed by atoms with Crippen molar-refractivity contribution >= 4 is 39.9 Å². The molecule has 46 heavy (non-hydrogen) atoms. The first kappa shape index (κ1) is 30.3. The number of fused-ring (bicyclic) bond motifs is 2. The van der Waals surface area contributed by atoms with Crippen LogP contribution < -0.4 is 21.5 Å². The maximum atomic E-state index is 14.0. The van der Waals surface area contributed by atoms with Gasteiger partial charge in [-0.1, -0.05) is 36.3 Å². The number of hydrogen-bond acceptors (Lipinski definition) is 8. The van der Waals surface area contributed by atoms with Crippen LogP contribution in [0.15, 0.2) is 58.1 Å². The third-order valence-corrected chi connectivity index (χ3v) is 8.21. The van der Waals surface area contributed by atoms with Crippen molar-refractivity contribution < 1.29 is 14.7 Å². The SMILES string of the molecule is CC#CCn1c(N2CCCC(NC(=O)c3ccccc3C(=O)O)C2)nc2c1c(=O)n(Cc1nc(C)c3ccccc3n1)c(=O)n2C. The molecule has 1 saturated heterocycles. The monoisotopic (exact) mass is 620 g/mol. The average molecular weight is 621 g/mol. The van der Waals surface area contributed by atoms with E-state index < -0.39 is 23.1 Å². The van der Waals surface area contributed by atoms with E-state index in [1.807, 2.05) is 36.1 Å². The van der Waals surface area contributed by atoms with E-state index in [-0.39, 0.29) is 41.4 Å². The Bertz CT molecular complexity index is 2200. The van der Waals surface area contributed by atoms with Crippen molar-refractivity contribution in [3.8, 4) is 11.8 Å². The quantitative estimate of drug-likeness (QED) is 0.261. The molecule has 3 aromatic heterocycles. The first-order valence-electron chi connectivity index (χ1n) is 14.9. The smallest absolute Gasteiger partial charge is 0.336 e. The maximum absolute atomic E-state index is 14.0. The van der Waals surface area contributed by atoms with Crippen LogP contribution >= 0.6 is 0 Å². The summed E-state index contributed by atoms with van der Waals surface area (Å²) in [5, 5.41) is 13.4. The molecule has 1 aliphatic rings. The number of anilines is 1. The van der Waals surface area contributed by atoms with Gasteiger partial charge in [-0.25, -0.2) is 19.6 Å². The number of rotatable bonds is 7. The van der Waals surface area contributed by atoms with Gasteiger partial charge in [0.25, 0.3) is 11.5 Å². The summed E-state index contributed by atoms with van der Waals surface area (Å²) in [6.45, 7) is 4.54. The summed E-state index contributed by atoms with van der Waals surface area (Å²) in [4.78, 5) is 68.3. The highest BCUT2D eigenvalue weighted by Gasteiger charge is 2.29. The Kier molecular flexibility index (Phi) is 8.10. The molecule has 2 aromatic carbocycles. The number of carbonyl (C=O) groups excluding carboxylic acids is 1. The molecule has 2 N–H and O–H groups in total. The normalized spacial score (nSPS) is 14.7. The van der Waals surface area contributed by atoms with Crippen LogP contribution in [0.3, 0.4) is 0 Å². The lowest BCUT2D eigenvalue weighted by atomic mass is 10.0. The fourth-order valence-corrected chi connectivity index (χ4v) is 5.96. The minimum Gasteiger partial charge on any atom is -0.478 e. The summed E-state index contributed by atoms with van der Waals surface area (Å²) in [6.07, 6.45) is 1.37. The van der Waals surface area contributed by atoms with E-state index in [1.54, 1.807) is 30.7 Å². The molecular formula is C33H32N8O5. The summed E-state index contributed by atoms with van der Waals surface area (Å²) < 4.78 is 4.17. The van der Waals surface area contributed by atoms with E-state index in [0.29, 0.717) is 37.7 Å². The van der Waals surface area contributed by atoms with Crippen LogP contribution in [0.25, 0.3) is 22.1 Å². The van der Waals surface area contributed by atoms with Gasteiger partial charge in [-0.15, -0.1) is 5.92 Å². The highest BCUT2D eigenvalue weighted by atomic mass is 16.4. The van der Waals surface area contributed by atoms with Crippen molar-refractivity contribution in [3.05, 3.63) is 92.0 Å². The Morgan fingerprint density at radius 1 is 1.02 bits per heavy atom. The van der Waals surface area contributed by atoms with E-state index in [0.717, 1.165) is 21.2 Å². The number of aryl methyl sites for hydroxylation is 2. The Morgan fingerprint density at radius 2 is 1.76 bits per heavy atom. The number of carboxylic acid groups (broad SMARTS) is 1. The van der Waals surface area contributed by atoms with Gasteiger partial charge in [-0.2, -0.15) is 4.98 Å². The Balaban J connectivity index is 1.37. The molecule has 234 valence electrons. The van der Waals surface area contributed by atoms with Crippen molar-refractivity contribution in [1.82, 2.24) is 34.0 Å². The molecule has 1 aliphatic heterocycles. The van der Waals surface area contributed by atoms with E-state index in [9.17, 15) is 24.3 Å². The second kappa shape index (κ2) is 12.3. The number of nitrogens with zero attached hydrogens (tertiary/aromatic N) is 7. The number of nitrogens with one attached hydrogen (secondary N) is 1. The van der Waals surface area contributed by atoms with Gasteiger partial charge in [-0.3, -0.25) is 23.3 Å². The van der Waals surface area contributed by atoms with Crippen molar-refractivity contribution in [1.29, 1.82) is 0 Å². The minimum absolute atomic E-state index is 0.0750. The van der Waals surface area contributed by atoms with Gasteiger partial charge in [0.2, 0.25) is 5.95 Å². The predicted molar refractivity (Wildman–Crippen MR) is 172 cm³/mol. The summed E-state index contributed by atoms with van der Waals surface area (Å²) >= 11 is 0. The van der Waals surface area contributed by atoms with Gasteiger partial charge in [-0.05, 0) is 44.9 Å². The number of imidazole rings is 1. The van der Waals surface area contributed by atoms with Crippen LogP contribution in [0.1, 0.15) is 52.0 Å². The fourth-order valence-electron chi connectivity index (χ4n) is 5.96. The lowest BCUT2D eigenvalue weighted by Gasteiger charge is -2.34. The predicted octanol–water partition coefficient (Wildman–Crippen LogP) is 2.32. The largest absolute Gasteiger partial charge is 0.478 e. The number of para-hydroxylation sites is 1. The molecule has 5 aromatic rings. The van der Waals surface area contributed by atoms with Gasteiger partial charge in [0.1, 0.15) is 5.82 Å². The molecule has 13 nitrogen and oxygen atoms in total. The second-order valence-corrected chi connectivity index (χ2v) is 11.2. The first-order valence-corrected chi connectivity index (χ1v) is 14.9. The van der Waals surface area contributed by atoms with Gasteiger partial charge in [0.15, 0.2) is 11.2 Å². The second-order valence-electron chi connectivity index (χ2n) is 11.2. The van der Waals surface area contributed by atoms with Gasteiger partial charge in [0.05, 0.1) is 29.7 Å². The molecule has 13 heteroatoms. The summed E-state index contributed by atoms with van der Waals surface area (Å²) in [5.41, 5.74) is 0.833. The molecule has 0 saturated carbocycles. The minimum atomic E-state index is -1.18. The van der Waals surface area contributed by atoms with Crippen LogP contribution in [0.5, 0.6) is 0 Å². The topological polar surface area (TPSA) is 157 Å². The van der Waals surface area contributed by atoms with E-state index in [2.05, 4.69) is 27.1 Å². The standard InChI is InChI=1S/C33H32N8O5/c1-4-5-17-40-27-28(38(3)33(46)41(30(27)43)19-26-34-20(2)22-12-8-9-15-25(22)36-26)37-32(40)39-16-10-11-21(18-39)35-29(42)23-13-6-7-14-24(23)31(44)45/h6-9,12-15,21H,10-11,16-19H2,1-3H3,(H,35,42)(H,44,45). The number of benzene rings is 2. The van der Waals surface area contributed by atoms with E-state index in [4.69, 9.17) is 4.98 Å². The molecule has 1 fully saturated rings. The molecule has 1 atom stereocenters. The molecule has 0 aliphatic carbocycles. The Labute approximate surface area is 263 Å². The number of aromatic carboxylic acids is 1. The highest BCUT2D eigenvalue weighted by molar-refractivity contribution is 6.04. The number of hydrogen-bond donors (Lipinski definition) is 2. The molecule has 4 heterocycles. The number of piperidine rings is 1. The zero-order chi connectivity index (χ0) is 32.5. The van der Waals surface area contributed by atoms with Gasteiger partial charge >= 0.3 is 11.7 Å². The zero-order valence-electron chi connectivity index (χ0n) is 25.6. The van der Waals surface area contributed by atoms with E-state index >= 15 is 0 Å². The summed E-state index contributed by atoms with van der Waals surface area (Å²) in [6, 6.07) is 13.3. The lowest BCUT2D eigenvalue weighted by molar-refractivity contribution is 0.0690. The lowest BCUT2D eigenvalue weighted by Crippen LogP contribution is -2.48. The maximum Gasteiger partial charge on any atom is 0.336 e. The number of amides is 1. The number of carbonyl (C=O) groups is 2.